The van der Waals surface area contributed by atoms with Crippen LogP contribution in [0.5, 0.6) is 0 Å². The van der Waals surface area contributed by atoms with Crippen molar-refractivity contribution in [3.05, 3.63) is 71.3 Å². The Bertz CT molecular complexity index is 892. The van der Waals surface area contributed by atoms with Gasteiger partial charge in [-0.25, -0.2) is 0 Å². The number of carbonyl (C=O) groups is 1. The number of hydrogen-bond donors (Lipinski definition) is 0. The van der Waals surface area contributed by atoms with Crippen LogP contribution in [-0.2, 0) is 10.2 Å². The van der Waals surface area contributed by atoms with Gasteiger partial charge in [-0.15, -0.1) is 0 Å². The lowest BCUT2D eigenvalue weighted by atomic mass is 9.85. The third-order valence-corrected chi connectivity index (χ3v) is 5.05. The molecule has 0 amide bonds. The molecule has 1 atom stereocenters. The quantitative estimate of drug-likeness (QED) is 0.792. The van der Waals surface area contributed by atoms with Gasteiger partial charge in [0.2, 0.25) is 0 Å². The van der Waals surface area contributed by atoms with Crippen LogP contribution in [0.4, 0.5) is 5.69 Å². The fourth-order valence-corrected chi connectivity index (χ4v) is 3.78. The second kappa shape index (κ2) is 5.17. The molecule has 120 valence electrons. The lowest BCUT2D eigenvalue weighted by molar-refractivity contribution is -0.115. The van der Waals surface area contributed by atoms with E-state index in [1.54, 1.807) is 6.08 Å². The number of nitrogens with zero attached hydrogens (tertiary/aromatic N) is 2. The zero-order valence-corrected chi connectivity index (χ0v) is 14.2. The van der Waals surface area contributed by atoms with Gasteiger partial charge in [-0.1, -0.05) is 48.5 Å². The normalized spacial score (nSPS) is 22.6. The van der Waals surface area contributed by atoms with Crippen molar-refractivity contribution in [2.45, 2.75) is 25.3 Å². The van der Waals surface area contributed by atoms with Crippen LogP contribution < -0.4 is 4.90 Å². The molecule has 4 rings (SSSR count). The molecule has 0 saturated heterocycles. The molecular formula is C21H20N2O. The number of aliphatic imine (C=N–C) groups is 1. The summed E-state index contributed by atoms with van der Waals surface area (Å²) in [7, 11) is 2.03. The number of amidine groups is 1. The summed E-state index contributed by atoms with van der Waals surface area (Å²) in [6.45, 7) is 4.34. The van der Waals surface area contributed by atoms with E-state index in [-0.39, 0.29) is 11.2 Å². The van der Waals surface area contributed by atoms with Crippen molar-refractivity contribution in [2.75, 3.05) is 11.9 Å². The molecule has 2 aliphatic rings. The van der Waals surface area contributed by atoms with Gasteiger partial charge in [0.25, 0.3) is 0 Å². The molecule has 0 spiro atoms. The van der Waals surface area contributed by atoms with E-state index in [1.807, 2.05) is 43.5 Å². The van der Waals surface area contributed by atoms with Gasteiger partial charge in [-0.3, -0.25) is 9.79 Å². The molecule has 1 aliphatic heterocycles. The molecular weight excluding hydrogens is 296 g/mol. The third kappa shape index (κ3) is 2.04. The number of benzene rings is 2. The summed E-state index contributed by atoms with van der Waals surface area (Å²) >= 11 is 0. The molecule has 3 nitrogen and oxygen atoms in total. The first-order valence-electron chi connectivity index (χ1n) is 8.22. The van der Waals surface area contributed by atoms with E-state index in [0.717, 1.165) is 22.6 Å². The first-order chi connectivity index (χ1) is 11.5. The number of ketones is 1. The van der Waals surface area contributed by atoms with Gasteiger partial charge in [0.1, 0.15) is 11.9 Å². The number of likely N-dealkylation sites (N-methyl/N-ethyl adjacent to an activating group) is 1. The summed E-state index contributed by atoms with van der Waals surface area (Å²) in [5.41, 5.74) is 4.24. The smallest absolute Gasteiger partial charge is 0.184 e. The van der Waals surface area contributed by atoms with Gasteiger partial charge in [0.05, 0.1) is 0 Å². The number of para-hydroxylation sites is 1. The van der Waals surface area contributed by atoms with E-state index in [1.165, 1.54) is 5.56 Å². The van der Waals surface area contributed by atoms with Crippen molar-refractivity contribution in [1.29, 1.82) is 0 Å². The van der Waals surface area contributed by atoms with E-state index in [4.69, 9.17) is 4.99 Å². The maximum atomic E-state index is 12.5. The van der Waals surface area contributed by atoms with E-state index in [0.29, 0.717) is 0 Å². The minimum Gasteiger partial charge on any atom is -0.332 e. The highest BCUT2D eigenvalue weighted by Gasteiger charge is 2.41. The van der Waals surface area contributed by atoms with Crippen molar-refractivity contribution in [2.24, 2.45) is 4.99 Å². The van der Waals surface area contributed by atoms with Crippen molar-refractivity contribution in [3.8, 4) is 0 Å². The SMILES string of the molecule is CN1C(=NC2C(=O)C=Cc3ccccc32)C(C)(C)c2ccccc21. The second-order valence-electron chi connectivity index (χ2n) is 6.92. The summed E-state index contributed by atoms with van der Waals surface area (Å²) in [5.74, 6) is 0.980. The average molecular weight is 316 g/mol. The Morgan fingerprint density at radius 3 is 2.50 bits per heavy atom. The van der Waals surface area contributed by atoms with E-state index >= 15 is 0 Å². The van der Waals surface area contributed by atoms with Crippen molar-refractivity contribution >= 4 is 23.4 Å². The Labute approximate surface area is 142 Å². The van der Waals surface area contributed by atoms with E-state index in [9.17, 15) is 4.79 Å². The van der Waals surface area contributed by atoms with Gasteiger partial charge >= 0.3 is 0 Å². The first kappa shape index (κ1) is 14.9. The molecule has 2 aromatic rings. The summed E-state index contributed by atoms with van der Waals surface area (Å²) in [5, 5.41) is 0. The van der Waals surface area contributed by atoms with E-state index in [2.05, 4.69) is 36.9 Å². The van der Waals surface area contributed by atoms with Crippen LogP contribution in [-0.4, -0.2) is 18.7 Å². The average Bonchev–Trinajstić information content (AvgIpc) is 2.78. The number of carbonyl (C=O) groups excluding carboxylic acids is 1. The highest BCUT2D eigenvalue weighted by atomic mass is 16.1. The van der Waals surface area contributed by atoms with Crippen molar-refractivity contribution in [1.82, 2.24) is 0 Å². The maximum absolute atomic E-state index is 12.5. The fourth-order valence-electron chi connectivity index (χ4n) is 3.78. The molecule has 0 aromatic heterocycles. The standard InChI is InChI=1S/C21H20N2O/c1-21(2)16-10-6-7-11-17(16)23(3)20(21)22-19-15-9-5-4-8-14(15)12-13-18(19)24/h4-13,19H,1-3H3. The molecule has 24 heavy (non-hydrogen) atoms. The molecule has 1 aliphatic carbocycles. The molecule has 0 radical (unpaired) electrons. The number of hydrogen-bond acceptors (Lipinski definition) is 2. The number of rotatable bonds is 1. The zero-order chi connectivity index (χ0) is 16.9. The van der Waals surface area contributed by atoms with Crippen molar-refractivity contribution in [3.63, 3.8) is 0 Å². The lowest BCUT2D eigenvalue weighted by Gasteiger charge is -2.26. The van der Waals surface area contributed by atoms with Crippen molar-refractivity contribution < 1.29 is 4.79 Å². The lowest BCUT2D eigenvalue weighted by Crippen LogP contribution is -2.35. The topological polar surface area (TPSA) is 32.7 Å². The maximum Gasteiger partial charge on any atom is 0.184 e. The summed E-state index contributed by atoms with van der Waals surface area (Å²) in [6.07, 6.45) is 3.53. The van der Waals surface area contributed by atoms with Crippen LogP contribution in [0.2, 0.25) is 0 Å². The molecule has 2 aromatic carbocycles. The van der Waals surface area contributed by atoms with Gasteiger partial charge in [-0.05, 0) is 42.7 Å². The molecule has 1 unspecified atom stereocenters. The fraction of sp³-hybridized carbons (Fsp3) is 0.238. The van der Waals surface area contributed by atoms with Gasteiger partial charge in [0, 0.05) is 18.2 Å². The Morgan fingerprint density at radius 2 is 1.71 bits per heavy atom. The predicted molar refractivity (Wildman–Crippen MR) is 98.5 cm³/mol. The molecule has 0 saturated carbocycles. The van der Waals surface area contributed by atoms with Crippen LogP contribution >= 0.6 is 0 Å². The summed E-state index contributed by atoms with van der Waals surface area (Å²) in [4.78, 5) is 19.6. The first-order valence-corrected chi connectivity index (χ1v) is 8.22. The van der Waals surface area contributed by atoms with Crippen LogP contribution in [0.15, 0.2) is 59.6 Å². The second-order valence-corrected chi connectivity index (χ2v) is 6.92. The van der Waals surface area contributed by atoms with Gasteiger partial charge < -0.3 is 4.90 Å². The zero-order valence-electron chi connectivity index (χ0n) is 14.2. The highest BCUT2D eigenvalue weighted by Crippen LogP contribution is 2.42. The molecule has 0 bridgehead atoms. The molecule has 1 heterocycles. The number of anilines is 1. The molecule has 0 fully saturated rings. The Balaban J connectivity index is 1.85. The Morgan fingerprint density at radius 1 is 1.00 bits per heavy atom. The number of fused-ring (bicyclic) bond motifs is 2. The van der Waals surface area contributed by atoms with E-state index < -0.39 is 6.04 Å². The van der Waals surface area contributed by atoms with Crippen LogP contribution in [0.25, 0.3) is 6.08 Å². The summed E-state index contributed by atoms with van der Waals surface area (Å²) < 4.78 is 0. The van der Waals surface area contributed by atoms with Crippen LogP contribution in [0.1, 0.15) is 36.6 Å². The minimum atomic E-state index is -0.461. The predicted octanol–water partition coefficient (Wildman–Crippen LogP) is 4.15. The monoisotopic (exact) mass is 316 g/mol. The van der Waals surface area contributed by atoms with Gasteiger partial charge in [-0.2, -0.15) is 0 Å². The molecule has 3 heteroatoms. The Kier molecular flexibility index (Phi) is 3.20. The van der Waals surface area contributed by atoms with Crippen LogP contribution in [0, 0.1) is 0 Å². The van der Waals surface area contributed by atoms with Gasteiger partial charge in [0.15, 0.2) is 5.78 Å². The largest absolute Gasteiger partial charge is 0.332 e. The summed E-state index contributed by atoms with van der Waals surface area (Å²) in [6, 6.07) is 15.9. The Hall–Kier alpha value is -2.68. The molecule has 0 N–H and O–H groups in total. The minimum absolute atomic E-state index is 0.0429. The highest BCUT2D eigenvalue weighted by molar-refractivity contribution is 6.12. The third-order valence-electron chi connectivity index (χ3n) is 5.05. The van der Waals surface area contributed by atoms with Crippen LogP contribution in [0.3, 0.4) is 0 Å².